The second kappa shape index (κ2) is 8.82. The Bertz CT molecular complexity index is 961. The molecule has 0 spiro atoms. The summed E-state index contributed by atoms with van der Waals surface area (Å²) in [4.78, 5) is 6.98. The van der Waals surface area contributed by atoms with Gasteiger partial charge >= 0.3 is 7.62 Å². The lowest BCUT2D eigenvalue weighted by molar-refractivity contribution is 0.253. The molecule has 28 heavy (non-hydrogen) atoms. The van der Waals surface area contributed by atoms with E-state index in [1.165, 1.54) is 0 Å². The first-order valence-electron chi connectivity index (χ1n) is 9.29. The minimum Gasteiger partial charge on any atom is -0.427 e. The van der Waals surface area contributed by atoms with Crippen LogP contribution < -0.4 is 5.32 Å². The van der Waals surface area contributed by atoms with Gasteiger partial charge in [-0.3, -0.25) is 0 Å². The molecule has 0 amide bonds. The Hall–Kier alpha value is -1.61. The molecule has 3 aromatic rings. The Kier molecular flexibility index (Phi) is 6.21. The van der Waals surface area contributed by atoms with E-state index in [0.717, 1.165) is 59.7 Å². The number of halogens is 2. The summed E-state index contributed by atoms with van der Waals surface area (Å²) in [5, 5.41) is 8.72. The number of anilines is 1. The summed E-state index contributed by atoms with van der Waals surface area (Å²) in [6, 6.07) is 9.77. The van der Waals surface area contributed by atoms with E-state index >= 15 is 0 Å². The standard InChI is InChI=1S/C19H21BBrClN5O/c1-28-20-26-8-6-13(7-9-26)11-23-18-10-17(14-4-2-3-5-16(14)22)25-19-15(21)12-24-27(18)19/h2-5,10,12-13,23H,6-9,11H2,1H3. The third-order valence-electron chi connectivity index (χ3n) is 5.05. The van der Waals surface area contributed by atoms with Gasteiger partial charge in [0.1, 0.15) is 5.82 Å². The van der Waals surface area contributed by atoms with E-state index in [9.17, 15) is 0 Å². The molecule has 2 aromatic heterocycles. The fourth-order valence-corrected chi connectivity index (χ4v) is 4.11. The predicted molar refractivity (Wildman–Crippen MR) is 117 cm³/mol. The third kappa shape index (κ3) is 4.20. The SMILES string of the molecule is CO[B]N1CCC(CNc2cc(-c3ccccc3Cl)nc3c(Br)cnn23)CC1. The smallest absolute Gasteiger partial charge is 0.398 e. The highest BCUT2D eigenvalue weighted by Gasteiger charge is 2.20. The maximum atomic E-state index is 6.40. The summed E-state index contributed by atoms with van der Waals surface area (Å²) in [6.07, 6.45) is 4.02. The van der Waals surface area contributed by atoms with Gasteiger partial charge in [0.25, 0.3) is 0 Å². The molecule has 0 saturated carbocycles. The first kappa shape index (κ1) is 19.7. The number of benzene rings is 1. The van der Waals surface area contributed by atoms with Crippen molar-refractivity contribution in [1.29, 1.82) is 0 Å². The van der Waals surface area contributed by atoms with Crippen molar-refractivity contribution in [2.24, 2.45) is 5.92 Å². The lowest BCUT2D eigenvalue weighted by Crippen LogP contribution is -2.38. The van der Waals surface area contributed by atoms with Crippen LogP contribution in [0.25, 0.3) is 16.9 Å². The third-order valence-corrected chi connectivity index (χ3v) is 5.94. The molecule has 1 saturated heterocycles. The molecule has 4 rings (SSSR count). The number of fused-ring (bicyclic) bond motifs is 1. The summed E-state index contributed by atoms with van der Waals surface area (Å²) in [6.45, 7) is 2.92. The number of nitrogens with one attached hydrogen (secondary N) is 1. The quantitative estimate of drug-likeness (QED) is 0.560. The van der Waals surface area contributed by atoms with E-state index in [1.54, 1.807) is 13.3 Å². The van der Waals surface area contributed by atoms with E-state index in [1.807, 2.05) is 42.5 Å². The molecule has 1 radical (unpaired) electrons. The number of piperidine rings is 1. The second-order valence-electron chi connectivity index (χ2n) is 6.94. The average molecular weight is 462 g/mol. The van der Waals surface area contributed by atoms with Gasteiger partial charge in [-0.05, 0) is 53.8 Å². The van der Waals surface area contributed by atoms with Gasteiger partial charge in [-0.2, -0.15) is 9.61 Å². The maximum absolute atomic E-state index is 6.40. The van der Waals surface area contributed by atoms with E-state index < -0.39 is 0 Å². The van der Waals surface area contributed by atoms with Crippen molar-refractivity contribution in [1.82, 2.24) is 19.4 Å². The van der Waals surface area contributed by atoms with Gasteiger partial charge in [-0.1, -0.05) is 29.8 Å². The van der Waals surface area contributed by atoms with Gasteiger partial charge in [0.05, 0.1) is 16.4 Å². The van der Waals surface area contributed by atoms with E-state index in [-0.39, 0.29) is 0 Å². The number of hydrogen-bond acceptors (Lipinski definition) is 5. The van der Waals surface area contributed by atoms with Crippen LogP contribution in [0.1, 0.15) is 12.8 Å². The van der Waals surface area contributed by atoms with E-state index in [0.29, 0.717) is 10.9 Å². The van der Waals surface area contributed by atoms with Crippen LogP contribution in [0, 0.1) is 5.92 Å². The maximum Gasteiger partial charge on any atom is 0.398 e. The number of nitrogens with zero attached hydrogens (tertiary/aromatic N) is 4. The summed E-state index contributed by atoms with van der Waals surface area (Å²) in [5.41, 5.74) is 2.50. The van der Waals surface area contributed by atoms with Crippen LogP contribution >= 0.6 is 27.5 Å². The molecule has 1 fully saturated rings. The van der Waals surface area contributed by atoms with Gasteiger partial charge < -0.3 is 14.8 Å². The molecule has 9 heteroatoms. The van der Waals surface area contributed by atoms with Gasteiger partial charge in [-0.15, -0.1) is 0 Å². The summed E-state index contributed by atoms with van der Waals surface area (Å²) in [7, 11) is 3.51. The summed E-state index contributed by atoms with van der Waals surface area (Å²) in [5.74, 6) is 1.52. The minimum atomic E-state index is 0.604. The molecule has 0 bridgehead atoms. The van der Waals surface area contributed by atoms with Crippen molar-refractivity contribution in [2.45, 2.75) is 12.8 Å². The Balaban J connectivity index is 1.56. The largest absolute Gasteiger partial charge is 0.427 e. The topological polar surface area (TPSA) is 54.7 Å². The van der Waals surface area contributed by atoms with Crippen molar-refractivity contribution in [3.8, 4) is 11.3 Å². The number of aromatic nitrogens is 3. The van der Waals surface area contributed by atoms with Crippen molar-refractivity contribution in [3.63, 3.8) is 0 Å². The monoisotopic (exact) mass is 460 g/mol. The predicted octanol–water partition coefficient (Wildman–Crippen LogP) is 4.12. The van der Waals surface area contributed by atoms with Crippen LogP contribution in [-0.2, 0) is 4.65 Å². The normalized spacial score (nSPS) is 15.8. The van der Waals surface area contributed by atoms with Gasteiger partial charge in [0.2, 0.25) is 0 Å². The lowest BCUT2D eigenvalue weighted by atomic mass is 9.93. The molecular weight excluding hydrogens is 440 g/mol. The van der Waals surface area contributed by atoms with Crippen molar-refractivity contribution in [2.75, 3.05) is 32.1 Å². The number of hydrogen-bond donors (Lipinski definition) is 1. The second-order valence-corrected chi connectivity index (χ2v) is 8.20. The molecule has 1 aromatic carbocycles. The van der Waals surface area contributed by atoms with Crippen LogP contribution in [0.2, 0.25) is 5.02 Å². The zero-order valence-corrected chi connectivity index (χ0v) is 17.9. The first-order valence-corrected chi connectivity index (χ1v) is 10.5. The van der Waals surface area contributed by atoms with Crippen LogP contribution in [0.3, 0.4) is 0 Å². The Morgan fingerprint density at radius 1 is 1.32 bits per heavy atom. The van der Waals surface area contributed by atoms with Crippen molar-refractivity contribution in [3.05, 3.63) is 46.0 Å². The van der Waals surface area contributed by atoms with Gasteiger partial charge in [0, 0.05) is 30.3 Å². The minimum absolute atomic E-state index is 0.604. The van der Waals surface area contributed by atoms with Crippen LogP contribution in [0.5, 0.6) is 0 Å². The first-order chi connectivity index (χ1) is 13.7. The fraction of sp³-hybridized carbons (Fsp3) is 0.368. The van der Waals surface area contributed by atoms with Crippen molar-refractivity contribution < 1.29 is 4.65 Å². The molecular formula is C19H21BBrClN5O. The molecule has 1 aliphatic heterocycles. The molecule has 1 aliphatic rings. The Labute approximate surface area is 178 Å². The molecule has 0 atom stereocenters. The highest BCUT2D eigenvalue weighted by molar-refractivity contribution is 9.10. The van der Waals surface area contributed by atoms with Crippen LogP contribution in [-0.4, -0.2) is 53.8 Å². The van der Waals surface area contributed by atoms with Gasteiger partial charge in [0.15, 0.2) is 5.65 Å². The molecule has 1 N–H and O–H groups in total. The van der Waals surface area contributed by atoms with Gasteiger partial charge in [-0.25, -0.2) is 4.98 Å². The lowest BCUT2D eigenvalue weighted by Gasteiger charge is -2.30. The average Bonchev–Trinajstić information content (AvgIpc) is 3.09. The fourth-order valence-electron chi connectivity index (χ4n) is 3.53. The molecule has 3 heterocycles. The highest BCUT2D eigenvalue weighted by Crippen LogP contribution is 2.30. The van der Waals surface area contributed by atoms with Crippen molar-refractivity contribution >= 4 is 46.6 Å². The molecule has 0 unspecified atom stereocenters. The Morgan fingerprint density at radius 2 is 2.11 bits per heavy atom. The van der Waals surface area contributed by atoms with Crippen LogP contribution in [0.4, 0.5) is 5.82 Å². The summed E-state index contributed by atoms with van der Waals surface area (Å²) >= 11 is 9.95. The summed E-state index contributed by atoms with van der Waals surface area (Å²) < 4.78 is 7.80. The molecule has 145 valence electrons. The zero-order chi connectivity index (χ0) is 19.5. The van der Waals surface area contributed by atoms with E-state index in [4.69, 9.17) is 21.2 Å². The highest BCUT2D eigenvalue weighted by atomic mass is 79.9. The molecule has 6 nitrogen and oxygen atoms in total. The van der Waals surface area contributed by atoms with Crippen LogP contribution in [0.15, 0.2) is 41.0 Å². The number of rotatable bonds is 6. The van der Waals surface area contributed by atoms with E-state index in [2.05, 4.69) is 31.2 Å². The molecule has 0 aliphatic carbocycles. The zero-order valence-electron chi connectivity index (χ0n) is 15.6. The Morgan fingerprint density at radius 3 is 2.86 bits per heavy atom.